The third-order valence-electron chi connectivity index (χ3n) is 4.22. The smallest absolute Gasteiger partial charge is 0.0713 e. The van der Waals surface area contributed by atoms with E-state index in [9.17, 15) is 0 Å². The molecular formula is C17H29ClN2O. The van der Waals surface area contributed by atoms with Crippen molar-refractivity contribution in [1.29, 1.82) is 0 Å². The summed E-state index contributed by atoms with van der Waals surface area (Å²) in [5, 5.41) is 3.26. The first kappa shape index (κ1) is 18.4. The minimum Gasteiger partial charge on any atom is -0.380 e. The van der Waals surface area contributed by atoms with E-state index < -0.39 is 0 Å². The van der Waals surface area contributed by atoms with Gasteiger partial charge in [-0.15, -0.1) is 12.4 Å². The molecule has 0 saturated carbocycles. The Hall–Kier alpha value is -0.610. The van der Waals surface area contributed by atoms with Crippen molar-refractivity contribution < 1.29 is 4.74 Å². The van der Waals surface area contributed by atoms with E-state index in [1.807, 2.05) is 7.05 Å². The van der Waals surface area contributed by atoms with Crippen LogP contribution in [0.5, 0.6) is 0 Å². The molecule has 0 radical (unpaired) electrons. The highest BCUT2D eigenvalue weighted by Crippen LogP contribution is 2.21. The van der Waals surface area contributed by atoms with Gasteiger partial charge in [0.2, 0.25) is 0 Å². The molecule has 0 bridgehead atoms. The Balaban J connectivity index is 0.00000220. The largest absolute Gasteiger partial charge is 0.380 e. The van der Waals surface area contributed by atoms with Crippen LogP contribution in [0.2, 0.25) is 0 Å². The zero-order chi connectivity index (χ0) is 14.2. The number of likely N-dealkylation sites (tertiary alicyclic amines) is 1. The second kappa shape index (κ2) is 10.2. The van der Waals surface area contributed by atoms with Gasteiger partial charge in [-0.25, -0.2) is 0 Å². The fourth-order valence-corrected chi connectivity index (χ4v) is 3.02. The highest BCUT2D eigenvalue weighted by molar-refractivity contribution is 5.85. The van der Waals surface area contributed by atoms with E-state index in [1.54, 1.807) is 7.11 Å². The van der Waals surface area contributed by atoms with Gasteiger partial charge in [0.25, 0.3) is 0 Å². The SMILES string of the molecule is CNCCC1CCN(Cc2cccc(COC)c2)CC1.Cl. The summed E-state index contributed by atoms with van der Waals surface area (Å²) in [5.74, 6) is 0.915. The normalized spacial score (nSPS) is 16.7. The van der Waals surface area contributed by atoms with Crippen LogP contribution in [-0.4, -0.2) is 38.7 Å². The fourth-order valence-electron chi connectivity index (χ4n) is 3.02. The van der Waals surface area contributed by atoms with Gasteiger partial charge in [0.15, 0.2) is 0 Å². The minimum atomic E-state index is 0. The van der Waals surface area contributed by atoms with Gasteiger partial charge < -0.3 is 10.1 Å². The molecule has 0 aromatic heterocycles. The molecule has 1 aromatic carbocycles. The van der Waals surface area contributed by atoms with Crippen LogP contribution in [0.1, 0.15) is 30.4 Å². The van der Waals surface area contributed by atoms with Gasteiger partial charge in [-0.2, -0.15) is 0 Å². The maximum absolute atomic E-state index is 5.20. The third-order valence-corrected chi connectivity index (χ3v) is 4.22. The van der Waals surface area contributed by atoms with Crippen molar-refractivity contribution in [3.63, 3.8) is 0 Å². The number of methoxy groups -OCH3 is 1. The van der Waals surface area contributed by atoms with E-state index in [-0.39, 0.29) is 12.4 Å². The van der Waals surface area contributed by atoms with Gasteiger partial charge in [0, 0.05) is 13.7 Å². The first-order valence-corrected chi connectivity index (χ1v) is 7.75. The van der Waals surface area contributed by atoms with E-state index in [1.165, 1.54) is 43.5 Å². The number of nitrogens with one attached hydrogen (secondary N) is 1. The van der Waals surface area contributed by atoms with Crippen molar-refractivity contribution in [1.82, 2.24) is 10.2 Å². The molecule has 1 fully saturated rings. The van der Waals surface area contributed by atoms with E-state index >= 15 is 0 Å². The number of benzene rings is 1. The van der Waals surface area contributed by atoms with E-state index in [0.29, 0.717) is 6.61 Å². The molecule has 2 rings (SSSR count). The van der Waals surface area contributed by atoms with Crippen LogP contribution in [0.3, 0.4) is 0 Å². The van der Waals surface area contributed by atoms with E-state index in [2.05, 4.69) is 34.5 Å². The maximum atomic E-state index is 5.20. The maximum Gasteiger partial charge on any atom is 0.0713 e. The summed E-state index contributed by atoms with van der Waals surface area (Å²) < 4.78 is 5.20. The lowest BCUT2D eigenvalue weighted by Gasteiger charge is -2.32. The summed E-state index contributed by atoms with van der Waals surface area (Å²) in [5.41, 5.74) is 2.68. The van der Waals surface area contributed by atoms with Crippen molar-refractivity contribution >= 4 is 12.4 Å². The van der Waals surface area contributed by atoms with E-state index in [4.69, 9.17) is 4.74 Å². The molecule has 0 spiro atoms. The number of hydrogen-bond acceptors (Lipinski definition) is 3. The van der Waals surface area contributed by atoms with Crippen molar-refractivity contribution in [3.8, 4) is 0 Å². The summed E-state index contributed by atoms with van der Waals surface area (Å²) in [6.45, 7) is 5.42. The Labute approximate surface area is 135 Å². The Morgan fingerprint density at radius 1 is 1.24 bits per heavy atom. The summed E-state index contributed by atoms with van der Waals surface area (Å²) in [6.07, 6.45) is 4.02. The first-order valence-electron chi connectivity index (χ1n) is 7.75. The molecular weight excluding hydrogens is 284 g/mol. The highest BCUT2D eigenvalue weighted by atomic mass is 35.5. The standard InChI is InChI=1S/C17H28N2O.ClH/c1-18-9-6-15-7-10-19(11-8-15)13-16-4-3-5-17(12-16)14-20-2;/h3-5,12,15,18H,6-11,13-14H2,1-2H3;1H. The molecule has 0 atom stereocenters. The molecule has 0 aliphatic carbocycles. The van der Waals surface area contributed by atoms with Gasteiger partial charge in [0.05, 0.1) is 6.61 Å². The number of piperidine rings is 1. The molecule has 1 heterocycles. The van der Waals surface area contributed by atoms with Crippen molar-refractivity contribution in [2.75, 3.05) is 33.8 Å². The van der Waals surface area contributed by atoms with Gasteiger partial charge in [-0.3, -0.25) is 4.90 Å². The lowest BCUT2D eigenvalue weighted by Crippen LogP contribution is -2.34. The highest BCUT2D eigenvalue weighted by Gasteiger charge is 2.18. The van der Waals surface area contributed by atoms with Gasteiger partial charge >= 0.3 is 0 Å². The van der Waals surface area contributed by atoms with Crippen LogP contribution in [0.4, 0.5) is 0 Å². The Kier molecular flexibility index (Phi) is 8.93. The summed E-state index contributed by atoms with van der Waals surface area (Å²) in [4.78, 5) is 2.59. The summed E-state index contributed by atoms with van der Waals surface area (Å²) in [7, 11) is 3.80. The molecule has 4 heteroatoms. The van der Waals surface area contributed by atoms with Crippen molar-refractivity contribution in [2.45, 2.75) is 32.4 Å². The average molecular weight is 313 g/mol. The molecule has 1 aliphatic heterocycles. The molecule has 3 nitrogen and oxygen atoms in total. The zero-order valence-corrected chi connectivity index (χ0v) is 14.1. The number of rotatable bonds is 7. The van der Waals surface area contributed by atoms with Crippen molar-refractivity contribution in [3.05, 3.63) is 35.4 Å². The second-order valence-electron chi connectivity index (χ2n) is 5.86. The molecule has 1 aliphatic rings. The lowest BCUT2D eigenvalue weighted by molar-refractivity contribution is 0.171. The quantitative estimate of drug-likeness (QED) is 0.837. The molecule has 120 valence electrons. The van der Waals surface area contributed by atoms with Crippen LogP contribution < -0.4 is 5.32 Å². The van der Waals surface area contributed by atoms with Crippen LogP contribution in [-0.2, 0) is 17.9 Å². The second-order valence-corrected chi connectivity index (χ2v) is 5.86. The summed E-state index contributed by atoms with van der Waals surface area (Å²) in [6, 6.07) is 8.78. The number of halogens is 1. The van der Waals surface area contributed by atoms with Gasteiger partial charge in [-0.05, 0) is 63.0 Å². The van der Waals surface area contributed by atoms with Gasteiger partial charge in [0.1, 0.15) is 0 Å². The predicted octanol–water partition coefficient (Wildman–Crippen LogP) is 3.08. The molecule has 1 aromatic rings. The van der Waals surface area contributed by atoms with Crippen LogP contribution in [0.25, 0.3) is 0 Å². The first-order chi connectivity index (χ1) is 9.81. The molecule has 1 saturated heterocycles. The zero-order valence-electron chi connectivity index (χ0n) is 13.3. The molecule has 21 heavy (non-hydrogen) atoms. The fraction of sp³-hybridized carbons (Fsp3) is 0.647. The number of nitrogens with zero attached hydrogens (tertiary/aromatic N) is 1. The summed E-state index contributed by atoms with van der Waals surface area (Å²) >= 11 is 0. The Bertz CT molecular complexity index is 392. The topological polar surface area (TPSA) is 24.5 Å². The Morgan fingerprint density at radius 3 is 2.62 bits per heavy atom. The van der Waals surface area contributed by atoms with E-state index in [0.717, 1.165) is 19.0 Å². The molecule has 0 unspecified atom stereocenters. The van der Waals surface area contributed by atoms with Crippen LogP contribution >= 0.6 is 12.4 Å². The van der Waals surface area contributed by atoms with Crippen LogP contribution in [0, 0.1) is 5.92 Å². The minimum absolute atomic E-state index is 0. The number of ether oxygens (including phenoxy) is 1. The molecule has 0 amide bonds. The predicted molar refractivity (Wildman–Crippen MR) is 90.9 cm³/mol. The lowest BCUT2D eigenvalue weighted by atomic mass is 9.93. The van der Waals surface area contributed by atoms with Gasteiger partial charge in [-0.1, -0.05) is 24.3 Å². The monoisotopic (exact) mass is 312 g/mol. The number of hydrogen-bond donors (Lipinski definition) is 1. The average Bonchev–Trinajstić information content (AvgIpc) is 2.47. The third kappa shape index (κ3) is 6.35. The van der Waals surface area contributed by atoms with Crippen LogP contribution in [0.15, 0.2) is 24.3 Å². The Morgan fingerprint density at radius 2 is 1.95 bits per heavy atom. The molecule has 1 N–H and O–H groups in total. The van der Waals surface area contributed by atoms with Crippen molar-refractivity contribution in [2.24, 2.45) is 5.92 Å².